The summed E-state index contributed by atoms with van der Waals surface area (Å²) >= 11 is 0.847. The molecule has 0 aromatic rings. The summed E-state index contributed by atoms with van der Waals surface area (Å²) in [6.07, 6.45) is 0. The fourth-order valence-corrected chi connectivity index (χ4v) is 0. The summed E-state index contributed by atoms with van der Waals surface area (Å²) in [5.74, 6) is 0. The van der Waals surface area contributed by atoms with Crippen molar-refractivity contribution in [3.8, 4) is 0 Å². The van der Waals surface area contributed by atoms with E-state index in [0.717, 1.165) is 17.3 Å². The third-order valence-electron chi connectivity index (χ3n) is 0. The molecular formula is H3Cl2NZn. The van der Waals surface area contributed by atoms with Gasteiger partial charge in [0.1, 0.15) is 0 Å². The van der Waals surface area contributed by atoms with Gasteiger partial charge in [0, 0.05) is 0 Å². The predicted octanol–water partition coefficient (Wildman–Crippen LogP) is 1.83. The van der Waals surface area contributed by atoms with Crippen molar-refractivity contribution in [3.63, 3.8) is 0 Å². The van der Waals surface area contributed by atoms with E-state index in [1.165, 1.54) is 0 Å². The Morgan fingerprint density at radius 3 is 1.25 bits per heavy atom. The summed E-state index contributed by atoms with van der Waals surface area (Å²) in [5, 5.41) is 0. The van der Waals surface area contributed by atoms with Gasteiger partial charge in [-0.1, -0.05) is 0 Å². The smallest absolute Gasteiger partial charge is 0.693 e. The van der Waals surface area contributed by atoms with Crippen LogP contribution >= 0.6 is 22.1 Å². The minimum atomic E-state index is 0. The van der Waals surface area contributed by atoms with Gasteiger partial charge in [-0.2, -0.15) is 0 Å². The molecule has 0 heterocycles. The second-order valence-electron chi connectivity index (χ2n) is 0. The van der Waals surface area contributed by atoms with Crippen LogP contribution in [-0.2, 0) is 17.3 Å². The standard InChI is InChI=1S/2ClH.H2N.Zn/h2*1H;1H2;/q;;-1;+2/p-1. The van der Waals surface area contributed by atoms with Crippen molar-refractivity contribution in [2.45, 2.75) is 0 Å². The Labute approximate surface area is 45.8 Å². The van der Waals surface area contributed by atoms with E-state index in [-0.39, 0.29) is 18.6 Å². The normalized spacial score (nSPS) is 1.75. The molecule has 0 amide bonds. The van der Waals surface area contributed by atoms with Crippen molar-refractivity contribution in [2.24, 2.45) is 0 Å². The van der Waals surface area contributed by atoms with Crippen molar-refractivity contribution in [1.82, 2.24) is 0 Å². The van der Waals surface area contributed by atoms with Crippen molar-refractivity contribution < 1.29 is 17.3 Å². The average Bonchev–Trinajstić information content (AvgIpc) is 1.00. The van der Waals surface area contributed by atoms with Crippen molar-refractivity contribution in [1.29, 1.82) is 0 Å². The Morgan fingerprint density at radius 2 is 1.25 bits per heavy atom. The molecule has 0 atom stereocenters. The molecule has 4 heteroatoms. The van der Waals surface area contributed by atoms with Gasteiger partial charge in [-0.15, -0.1) is 12.4 Å². The number of hydrogen-bond donors (Lipinski definition) is 0. The second kappa shape index (κ2) is 30.8. The van der Waals surface area contributed by atoms with E-state index < -0.39 is 0 Å². The van der Waals surface area contributed by atoms with Crippen molar-refractivity contribution in [3.05, 3.63) is 6.15 Å². The third-order valence-corrected chi connectivity index (χ3v) is 0. The van der Waals surface area contributed by atoms with Crippen molar-refractivity contribution in [2.75, 3.05) is 0 Å². The van der Waals surface area contributed by atoms with E-state index in [9.17, 15) is 0 Å². The molecule has 1 nitrogen and oxygen atoms in total. The van der Waals surface area contributed by atoms with E-state index in [1.54, 1.807) is 0 Å². The molecule has 0 bridgehead atoms. The van der Waals surface area contributed by atoms with E-state index in [0.29, 0.717) is 0 Å². The molecule has 0 radical (unpaired) electrons. The topological polar surface area (TPSA) is 33.5 Å². The minimum Gasteiger partial charge on any atom is -0.693 e. The van der Waals surface area contributed by atoms with Gasteiger partial charge in [0.25, 0.3) is 0 Å². The average molecular weight is 153 g/mol. The largest absolute Gasteiger partial charge is 0.693 e. The van der Waals surface area contributed by atoms with Gasteiger partial charge < -0.3 is 6.15 Å². The molecule has 0 aliphatic carbocycles. The third kappa shape index (κ3) is 10.9. The summed E-state index contributed by atoms with van der Waals surface area (Å²) < 4.78 is 0. The predicted molar refractivity (Wildman–Crippen MR) is 18.4 cm³/mol. The molecular weight excluding hydrogens is 150 g/mol. The molecule has 24 valence electrons. The summed E-state index contributed by atoms with van der Waals surface area (Å²) in [4.78, 5) is 0. The summed E-state index contributed by atoms with van der Waals surface area (Å²) in [5.41, 5.74) is 0. The molecule has 0 saturated carbocycles. The molecule has 0 fully saturated rings. The molecule has 0 rings (SSSR count). The Hall–Kier alpha value is 1.16. The van der Waals surface area contributed by atoms with E-state index >= 15 is 0 Å². The SMILES string of the molecule is Cl.[Cl][Zn+].[NH2-]. The van der Waals surface area contributed by atoms with Gasteiger partial charge in [0.05, 0.1) is 0 Å². The molecule has 2 N–H and O–H groups in total. The molecule has 0 spiro atoms. The van der Waals surface area contributed by atoms with E-state index in [4.69, 9.17) is 9.69 Å². The first kappa shape index (κ1) is 19.1. The molecule has 0 saturated heterocycles. The molecule has 0 aromatic heterocycles. The molecule has 0 aromatic carbocycles. The van der Waals surface area contributed by atoms with Crippen LogP contribution in [0, 0.1) is 0 Å². The van der Waals surface area contributed by atoms with Gasteiger partial charge in [0.15, 0.2) is 0 Å². The van der Waals surface area contributed by atoms with Gasteiger partial charge in [-0.3, -0.25) is 0 Å². The quantitative estimate of drug-likeness (QED) is 0.476. The summed E-state index contributed by atoms with van der Waals surface area (Å²) in [6.45, 7) is 0. The Morgan fingerprint density at radius 1 is 1.25 bits per heavy atom. The van der Waals surface area contributed by atoms with Gasteiger partial charge >= 0.3 is 27.0 Å². The first-order valence-corrected chi connectivity index (χ1v) is 4.17. The van der Waals surface area contributed by atoms with Gasteiger partial charge in [-0.05, 0) is 0 Å². The zero-order valence-corrected chi connectivity index (χ0v) is 6.61. The molecule has 0 unspecified atom stereocenters. The number of hydrogen-bond acceptors (Lipinski definition) is 0. The minimum absolute atomic E-state index is 0. The first-order chi connectivity index (χ1) is 1.00. The van der Waals surface area contributed by atoms with Crippen molar-refractivity contribution >= 4 is 22.1 Å². The van der Waals surface area contributed by atoms with Crippen LogP contribution < -0.4 is 0 Å². The number of rotatable bonds is 0. The number of halogens is 2. The monoisotopic (exact) mass is 151 g/mol. The molecule has 4 heavy (non-hydrogen) atoms. The molecule has 0 aliphatic heterocycles. The van der Waals surface area contributed by atoms with E-state index in [2.05, 4.69) is 0 Å². The van der Waals surface area contributed by atoms with Crippen LogP contribution in [0.25, 0.3) is 6.15 Å². The molecule has 0 aliphatic rings. The van der Waals surface area contributed by atoms with Crippen LogP contribution in [0.2, 0.25) is 0 Å². The first-order valence-electron chi connectivity index (χ1n) is 0.267. The van der Waals surface area contributed by atoms with E-state index in [1.807, 2.05) is 0 Å². The van der Waals surface area contributed by atoms with Gasteiger partial charge in [0.2, 0.25) is 0 Å². The van der Waals surface area contributed by atoms with Gasteiger partial charge in [-0.25, -0.2) is 0 Å². The fourth-order valence-electron chi connectivity index (χ4n) is 0. The van der Waals surface area contributed by atoms with Crippen LogP contribution in [0.5, 0.6) is 0 Å². The zero-order valence-electron chi connectivity index (χ0n) is 2.07. The van der Waals surface area contributed by atoms with Crippen LogP contribution in [-0.4, -0.2) is 0 Å². The fraction of sp³-hybridized carbons (Fsp3) is 0. The maximum absolute atomic E-state index is 4.76. The zero-order chi connectivity index (χ0) is 2.00. The van der Waals surface area contributed by atoms with Crippen LogP contribution in [0.15, 0.2) is 0 Å². The second-order valence-corrected chi connectivity index (χ2v) is 0. The van der Waals surface area contributed by atoms with Crippen LogP contribution in [0.1, 0.15) is 0 Å². The maximum atomic E-state index is 4.76. The van der Waals surface area contributed by atoms with Crippen LogP contribution in [0.4, 0.5) is 0 Å². The summed E-state index contributed by atoms with van der Waals surface area (Å²) in [7, 11) is 4.76. The Balaban J connectivity index is -0.00000000500. The maximum Gasteiger partial charge on any atom is -0.693 e. The van der Waals surface area contributed by atoms with Crippen LogP contribution in [0.3, 0.4) is 0 Å². The Bertz CT molecular complexity index is 6.00. The Kier molecular flexibility index (Phi) is 147. The summed E-state index contributed by atoms with van der Waals surface area (Å²) in [6, 6.07) is 0. The number of nitrogens with two attached hydrogens (primary N) is 1.